The van der Waals surface area contributed by atoms with Gasteiger partial charge in [-0.1, -0.05) is 6.92 Å². The number of likely N-dealkylation sites (tertiary alicyclic amines) is 2. The van der Waals surface area contributed by atoms with Crippen LogP contribution in [0, 0.1) is 0 Å². The van der Waals surface area contributed by atoms with E-state index in [0.29, 0.717) is 0 Å². The number of amides is 1. The summed E-state index contributed by atoms with van der Waals surface area (Å²) in [5, 5.41) is 0. The zero-order chi connectivity index (χ0) is 10.9. The predicted molar refractivity (Wildman–Crippen MR) is 59.5 cm³/mol. The van der Waals surface area contributed by atoms with E-state index < -0.39 is 0 Å². The number of nitrogens with zero attached hydrogens (tertiary/aromatic N) is 2. The molecule has 0 aromatic carbocycles. The molecule has 0 aromatic rings. The molecular formula is C11H21N3O. The van der Waals surface area contributed by atoms with Crippen molar-refractivity contribution < 1.29 is 4.79 Å². The molecular weight excluding hydrogens is 190 g/mol. The van der Waals surface area contributed by atoms with Gasteiger partial charge in [0.05, 0.1) is 0 Å². The van der Waals surface area contributed by atoms with Gasteiger partial charge in [0, 0.05) is 13.1 Å². The van der Waals surface area contributed by atoms with Crippen molar-refractivity contribution in [2.45, 2.75) is 31.7 Å². The first kappa shape index (κ1) is 10.9. The standard InChI is InChI=1S/C11H21N3O/c1-2-13-8-5-11(9-13,10(12)15)14-6-3-4-7-14/h2-9H2,1H3,(H2,12,15). The number of nitrogens with two attached hydrogens (primary N) is 1. The Balaban J connectivity index is 2.14. The summed E-state index contributed by atoms with van der Waals surface area (Å²) < 4.78 is 0. The number of rotatable bonds is 3. The Kier molecular flexibility index (Phi) is 2.98. The Morgan fingerprint density at radius 1 is 1.33 bits per heavy atom. The quantitative estimate of drug-likeness (QED) is 0.716. The fourth-order valence-corrected chi connectivity index (χ4v) is 2.90. The fraction of sp³-hybridized carbons (Fsp3) is 0.909. The number of likely N-dealkylation sites (N-methyl/N-ethyl adjacent to an activating group) is 1. The highest BCUT2D eigenvalue weighted by Gasteiger charge is 2.47. The van der Waals surface area contributed by atoms with Crippen molar-refractivity contribution in [3.63, 3.8) is 0 Å². The lowest BCUT2D eigenvalue weighted by molar-refractivity contribution is -0.129. The van der Waals surface area contributed by atoms with Crippen molar-refractivity contribution >= 4 is 5.91 Å². The van der Waals surface area contributed by atoms with E-state index in [9.17, 15) is 4.79 Å². The van der Waals surface area contributed by atoms with Crippen LogP contribution < -0.4 is 5.73 Å². The topological polar surface area (TPSA) is 49.6 Å². The molecule has 0 radical (unpaired) electrons. The highest BCUT2D eigenvalue weighted by atomic mass is 16.1. The molecule has 2 fully saturated rings. The molecule has 2 rings (SSSR count). The van der Waals surface area contributed by atoms with Gasteiger partial charge < -0.3 is 10.6 Å². The monoisotopic (exact) mass is 211 g/mol. The highest BCUT2D eigenvalue weighted by molar-refractivity contribution is 5.85. The Hall–Kier alpha value is -0.610. The van der Waals surface area contributed by atoms with Gasteiger partial charge in [0.15, 0.2) is 0 Å². The molecule has 1 amide bonds. The van der Waals surface area contributed by atoms with Crippen LogP contribution in [-0.4, -0.2) is 54.0 Å². The van der Waals surface area contributed by atoms with Crippen molar-refractivity contribution in [2.24, 2.45) is 5.73 Å². The molecule has 2 aliphatic heterocycles. The van der Waals surface area contributed by atoms with E-state index in [1.54, 1.807) is 0 Å². The van der Waals surface area contributed by atoms with E-state index in [0.717, 1.165) is 39.1 Å². The number of primary amides is 1. The third-order valence-corrected chi connectivity index (χ3v) is 3.94. The van der Waals surface area contributed by atoms with Crippen LogP contribution in [0.1, 0.15) is 26.2 Å². The maximum absolute atomic E-state index is 11.7. The highest BCUT2D eigenvalue weighted by Crippen LogP contribution is 2.30. The molecule has 0 bridgehead atoms. The summed E-state index contributed by atoms with van der Waals surface area (Å²) in [7, 11) is 0. The fourth-order valence-electron chi connectivity index (χ4n) is 2.90. The first-order chi connectivity index (χ1) is 7.19. The van der Waals surface area contributed by atoms with E-state index >= 15 is 0 Å². The molecule has 0 aromatic heterocycles. The Bertz CT molecular complexity index is 250. The average Bonchev–Trinajstić information content (AvgIpc) is 2.87. The Labute approximate surface area is 91.4 Å². The molecule has 1 atom stereocenters. The molecule has 2 heterocycles. The van der Waals surface area contributed by atoms with Crippen molar-refractivity contribution in [1.29, 1.82) is 0 Å². The Morgan fingerprint density at radius 2 is 2.00 bits per heavy atom. The lowest BCUT2D eigenvalue weighted by Crippen LogP contribution is -2.58. The van der Waals surface area contributed by atoms with E-state index in [-0.39, 0.29) is 11.4 Å². The van der Waals surface area contributed by atoms with Gasteiger partial charge in [-0.2, -0.15) is 0 Å². The molecule has 86 valence electrons. The number of hydrogen-bond acceptors (Lipinski definition) is 3. The summed E-state index contributed by atoms with van der Waals surface area (Å²) in [6.07, 6.45) is 3.33. The zero-order valence-electron chi connectivity index (χ0n) is 9.54. The van der Waals surface area contributed by atoms with Crippen LogP contribution in [0.5, 0.6) is 0 Å². The smallest absolute Gasteiger partial charge is 0.239 e. The van der Waals surface area contributed by atoms with Crippen LogP contribution >= 0.6 is 0 Å². The van der Waals surface area contributed by atoms with E-state index in [2.05, 4.69) is 16.7 Å². The third-order valence-electron chi connectivity index (χ3n) is 3.94. The number of hydrogen-bond donors (Lipinski definition) is 1. The van der Waals surface area contributed by atoms with Gasteiger partial charge in [-0.05, 0) is 38.9 Å². The normalized spacial score (nSPS) is 33.7. The summed E-state index contributed by atoms with van der Waals surface area (Å²) in [5.74, 6) is -0.125. The molecule has 2 N–H and O–H groups in total. The molecule has 0 saturated carbocycles. The van der Waals surface area contributed by atoms with E-state index in [1.165, 1.54) is 12.8 Å². The minimum Gasteiger partial charge on any atom is -0.368 e. The molecule has 4 nitrogen and oxygen atoms in total. The first-order valence-corrected chi connectivity index (χ1v) is 5.96. The van der Waals surface area contributed by atoms with Crippen LogP contribution in [0.25, 0.3) is 0 Å². The summed E-state index contributed by atoms with van der Waals surface area (Å²) in [6.45, 7) is 7.08. The van der Waals surface area contributed by atoms with Crippen molar-refractivity contribution in [3.8, 4) is 0 Å². The summed E-state index contributed by atoms with van der Waals surface area (Å²) >= 11 is 0. The van der Waals surface area contributed by atoms with Gasteiger partial charge in [0.25, 0.3) is 0 Å². The van der Waals surface area contributed by atoms with Gasteiger partial charge >= 0.3 is 0 Å². The number of carbonyl (C=O) groups is 1. The van der Waals surface area contributed by atoms with E-state index in [1.807, 2.05) is 0 Å². The maximum atomic E-state index is 11.7. The van der Waals surface area contributed by atoms with E-state index in [4.69, 9.17) is 5.73 Å². The van der Waals surface area contributed by atoms with Crippen molar-refractivity contribution in [3.05, 3.63) is 0 Å². The van der Waals surface area contributed by atoms with Gasteiger partial charge in [-0.3, -0.25) is 9.69 Å². The van der Waals surface area contributed by atoms with Crippen LogP contribution in [0.4, 0.5) is 0 Å². The first-order valence-electron chi connectivity index (χ1n) is 5.96. The second kappa shape index (κ2) is 4.10. The molecule has 2 saturated heterocycles. The predicted octanol–water partition coefficient (Wildman–Crippen LogP) is 0.0319. The van der Waals surface area contributed by atoms with Crippen LogP contribution in [0.3, 0.4) is 0 Å². The maximum Gasteiger partial charge on any atom is 0.239 e. The average molecular weight is 211 g/mol. The lowest BCUT2D eigenvalue weighted by atomic mass is 9.95. The molecule has 2 aliphatic rings. The number of carbonyl (C=O) groups excluding carboxylic acids is 1. The van der Waals surface area contributed by atoms with Crippen LogP contribution in [-0.2, 0) is 4.79 Å². The second-order valence-corrected chi connectivity index (χ2v) is 4.71. The van der Waals surface area contributed by atoms with Crippen molar-refractivity contribution in [1.82, 2.24) is 9.80 Å². The van der Waals surface area contributed by atoms with Gasteiger partial charge in [0.1, 0.15) is 5.54 Å². The minimum absolute atomic E-state index is 0.125. The zero-order valence-corrected chi connectivity index (χ0v) is 9.54. The van der Waals surface area contributed by atoms with Gasteiger partial charge in [-0.25, -0.2) is 0 Å². The summed E-state index contributed by atoms with van der Waals surface area (Å²) in [4.78, 5) is 16.4. The molecule has 0 spiro atoms. The second-order valence-electron chi connectivity index (χ2n) is 4.71. The SMILES string of the molecule is CCN1CCC(C(N)=O)(N2CCCC2)C1. The largest absolute Gasteiger partial charge is 0.368 e. The molecule has 1 unspecified atom stereocenters. The van der Waals surface area contributed by atoms with Gasteiger partial charge in [0.2, 0.25) is 5.91 Å². The van der Waals surface area contributed by atoms with Crippen LogP contribution in [0.15, 0.2) is 0 Å². The van der Waals surface area contributed by atoms with Crippen molar-refractivity contribution in [2.75, 3.05) is 32.7 Å². The molecule has 4 heteroatoms. The summed E-state index contributed by atoms with van der Waals surface area (Å²) in [6, 6.07) is 0. The molecule has 15 heavy (non-hydrogen) atoms. The molecule has 0 aliphatic carbocycles. The lowest BCUT2D eigenvalue weighted by Gasteiger charge is -2.35. The minimum atomic E-state index is -0.355. The van der Waals surface area contributed by atoms with Gasteiger partial charge in [-0.15, -0.1) is 0 Å². The summed E-state index contributed by atoms with van der Waals surface area (Å²) in [5.41, 5.74) is 5.27. The Morgan fingerprint density at radius 3 is 2.47 bits per heavy atom. The van der Waals surface area contributed by atoms with Crippen LogP contribution in [0.2, 0.25) is 0 Å². The third kappa shape index (κ3) is 1.76.